The highest BCUT2D eigenvalue weighted by atomic mass is 79.9. The van der Waals surface area contributed by atoms with Crippen molar-refractivity contribution < 1.29 is 5.11 Å². The second kappa shape index (κ2) is 6.95. The van der Waals surface area contributed by atoms with Gasteiger partial charge in [0.1, 0.15) is 10.9 Å². The monoisotopic (exact) mass is 354 g/mol. The first-order chi connectivity index (χ1) is 9.54. The lowest BCUT2D eigenvalue weighted by Gasteiger charge is -2.15. The highest BCUT2D eigenvalue weighted by Crippen LogP contribution is 2.23. The average molecular weight is 356 g/mol. The van der Waals surface area contributed by atoms with E-state index in [4.69, 9.17) is 11.6 Å². The lowest BCUT2D eigenvalue weighted by atomic mass is 10.1. The maximum atomic E-state index is 9.24. The number of phenolic OH excluding ortho intramolecular Hbond substituents is 1. The third-order valence-electron chi connectivity index (χ3n) is 3.01. The topological polar surface area (TPSA) is 45.1 Å². The molecule has 0 fully saturated rings. The molecule has 0 bridgehead atoms. The lowest BCUT2D eigenvalue weighted by Crippen LogP contribution is -2.16. The van der Waals surface area contributed by atoms with E-state index < -0.39 is 0 Å². The predicted molar refractivity (Wildman–Crippen MR) is 86.5 cm³/mol. The minimum Gasteiger partial charge on any atom is -0.508 e. The number of aromatic nitrogens is 1. The van der Waals surface area contributed by atoms with Crippen molar-refractivity contribution in [2.45, 2.75) is 25.8 Å². The minimum atomic E-state index is 0.303. The van der Waals surface area contributed by atoms with Crippen LogP contribution >= 0.6 is 27.5 Å². The van der Waals surface area contributed by atoms with E-state index >= 15 is 0 Å². The number of hydrogen-bond donors (Lipinski definition) is 2. The van der Waals surface area contributed by atoms with Gasteiger partial charge in [0.25, 0.3) is 0 Å². The first-order valence-corrected chi connectivity index (χ1v) is 7.57. The zero-order chi connectivity index (χ0) is 14.5. The molecule has 0 spiro atoms. The molecule has 106 valence electrons. The molecule has 1 aromatic carbocycles. The predicted octanol–water partition coefficient (Wildman–Crippen LogP) is 4.64. The molecule has 5 heteroatoms. The van der Waals surface area contributed by atoms with Gasteiger partial charge in [-0.25, -0.2) is 4.98 Å². The number of hydrogen-bond acceptors (Lipinski definition) is 3. The van der Waals surface area contributed by atoms with Gasteiger partial charge in [0, 0.05) is 6.04 Å². The molecular weight excluding hydrogens is 340 g/mol. The molecule has 1 atom stereocenters. The first-order valence-electron chi connectivity index (χ1n) is 6.40. The van der Waals surface area contributed by atoms with E-state index in [0.29, 0.717) is 16.9 Å². The molecule has 2 aromatic rings. The molecule has 0 aliphatic heterocycles. The average Bonchev–Trinajstić information content (AvgIpc) is 2.42. The Balaban J connectivity index is 1.87. The lowest BCUT2D eigenvalue weighted by molar-refractivity contribution is 0.475. The Morgan fingerprint density at radius 2 is 2.05 bits per heavy atom. The number of pyridine rings is 1. The number of halogens is 2. The van der Waals surface area contributed by atoms with Crippen LogP contribution in [0.2, 0.25) is 5.15 Å². The zero-order valence-electron chi connectivity index (χ0n) is 11.1. The second-order valence-corrected chi connectivity index (χ2v) is 5.96. The minimum absolute atomic E-state index is 0.303. The van der Waals surface area contributed by atoms with E-state index in [2.05, 4.69) is 33.2 Å². The van der Waals surface area contributed by atoms with Gasteiger partial charge >= 0.3 is 0 Å². The number of nitrogens with zero attached hydrogens (tertiary/aromatic N) is 1. The van der Waals surface area contributed by atoms with Gasteiger partial charge in [-0.1, -0.05) is 23.7 Å². The Labute approximate surface area is 132 Å². The molecule has 0 radical (unpaired) electrons. The van der Waals surface area contributed by atoms with E-state index in [1.54, 1.807) is 18.3 Å². The Bertz CT molecular complexity index is 575. The maximum Gasteiger partial charge on any atom is 0.143 e. The summed E-state index contributed by atoms with van der Waals surface area (Å²) in [6.07, 6.45) is 3.67. The summed E-state index contributed by atoms with van der Waals surface area (Å²) < 4.78 is 0.787. The first kappa shape index (κ1) is 15.1. The Morgan fingerprint density at radius 3 is 2.70 bits per heavy atom. The summed E-state index contributed by atoms with van der Waals surface area (Å²) in [6, 6.07) is 9.57. The van der Waals surface area contributed by atoms with E-state index in [-0.39, 0.29) is 0 Å². The largest absolute Gasteiger partial charge is 0.508 e. The van der Waals surface area contributed by atoms with Crippen molar-refractivity contribution >= 4 is 33.2 Å². The molecule has 1 aromatic heterocycles. The Hall–Kier alpha value is -1.26. The Morgan fingerprint density at radius 1 is 1.35 bits per heavy atom. The number of aromatic hydroxyl groups is 1. The third-order valence-corrected chi connectivity index (χ3v) is 4.15. The van der Waals surface area contributed by atoms with Gasteiger partial charge in [-0.15, -0.1) is 0 Å². The van der Waals surface area contributed by atoms with Gasteiger partial charge in [0.05, 0.1) is 16.4 Å². The molecule has 0 aliphatic rings. The molecule has 3 nitrogen and oxygen atoms in total. The van der Waals surface area contributed by atoms with Crippen LogP contribution in [0, 0.1) is 0 Å². The molecule has 2 rings (SSSR count). The van der Waals surface area contributed by atoms with Gasteiger partial charge < -0.3 is 10.4 Å². The van der Waals surface area contributed by atoms with Gasteiger partial charge in [0.15, 0.2) is 0 Å². The normalized spacial score (nSPS) is 12.2. The van der Waals surface area contributed by atoms with Gasteiger partial charge in [-0.3, -0.25) is 0 Å². The maximum absolute atomic E-state index is 9.24. The SMILES string of the molecule is CC(CCc1ccc(O)cc1)Nc1cnc(Cl)c(Br)c1. The van der Waals surface area contributed by atoms with Crippen molar-refractivity contribution in [3.05, 3.63) is 51.7 Å². The van der Waals surface area contributed by atoms with Crippen molar-refractivity contribution in [1.29, 1.82) is 0 Å². The molecule has 0 saturated heterocycles. The highest BCUT2D eigenvalue weighted by molar-refractivity contribution is 9.10. The van der Waals surface area contributed by atoms with Crippen molar-refractivity contribution in [1.82, 2.24) is 4.98 Å². The molecule has 2 N–H and O–H groups in total. The van der Waals surface area contributed by atoms with Gasteiger partial charge in [0.2, 0.25) is 0 Å². The molecule has 0 aliphatic carbocycles. The molecule has 1 unspecified atom stereocenters. The summed E-state index contributed by atoms with van der Waals surface area (Å²) in [5, 5.41) is 13.1. The second-order valence-electron chi connectivity index (χ2n) is 4.75. The van der Waals surface area contributed by atoms with Crippen molar-refractivity contribution in [3.8, 4) is 5.75 Å². The summed E-state index contributed by atoms with van der Waals surface area (Å²) in [5.74, 6) is 0.303. The van der Waals surface area contributed by atoms with Crippen molar-refractivity contribution in [2.75, 3.05) is 5.32 Å². The quantitative estimate of drug-likeness (QED) is 0.768. The fraction of sp³-hybridized carbons (Fsp3) is 0.267. The van der Waals surface area contributed by atoms with E-state index in [1.807, 2.05) is 18.2 Å². The van der Waals surface area contributed by atoms with Crippen LogP contribution in [0.25, 0.3) is 0 Å². The van der Waals surface area contributed by atoms with Crippen LogP contribution in [0.4, 0.5) is 5.69 Å². The number of anilines is 1. The van der Waals surface area contributed by atoms with Crippen LogP contribution in [0.1, 0.15) is 18.9 Å². The number of phenols is 1. The van der Waals surface area contributed by atoms with Crippen LogP contribution in [-0.2, 0) is 6.42 Å². The summed E-state index contributed by atoms with van der Waals surface area (Å²) in [6.45, 7) is 2.13. The standard InChI is InChI=1S/C15H16BrClN2O/c1-10(2-3-11-4-6-13(20)7-5-11)19-12-8-14(16)15(17)18-9-12/h4-10,19-20H,2-3H2,1H3. The summed E-state index contributed by atoms with van der Waals surface area (Å²) >= 11 is 9.23. The highest BCUT2D eigenvalue weighted by Gasteiger charge is 2.05. The van der Waals surface area contributed by atoms with Crippen molar-refractivity contribution in [3.63, 3.8) is 0 Å². The molecule has 0 saturated carbocycles. The van der Waals surface area contributed by atoms with E-state index in [0.717, 1.165) is 23.0 Å². The van der Waals surface area contributed by atoms with E-state index in [1.165, 1.54) is 5.56 Å². The van der Waals surface area contributed by atoms with Gasteiger partial charge in [-0.05, 0) is 59.5 Å². The van der Waals surface area contributed by atoms with Crippen molar-refractivity contribution in [2.24, 2.45) is 0 Å². The summed E-state index contributed by atoms with van der Waals surface area (Å²) in [4.78, 5) is 4.09. The molecule has 0 amide bonds. The third kappa shape index (κ3) is 4.39. The van der Waals surface area contributed by atoms with Gasteiger partial charge in [-0.2, -0.15) is 0 Å². The van der Waals surface area contributed by atoms with Crippen LogP contribution in [0.15, 0.2) is 41.0 Å². The smallest absolute Gasteiger partial charge is 0.143 e. The molecule has 20 heavy (non-hydrogen) atoms. The molecular formula is C15H16BrClN2O. The number of aryl methyl sites for hydroxylation is 1. The molecule has 1 heterocycles. The fourth-order valence-corrected chi connectivity index (χ4v) is 2.35. The number of rotatable bonds is 5. The van der Waals surface area contributed by atoms with Crippen LogP contribution in [0.5, 0.6) is 5.75 Å². The summed E-state index contributed by atoms with van der Waals surface area (Å²) in [7, 11) is 0. The Kier molecular flexibility index (Phi) is 5.26. The fourth-order valence-electron chi connectivity index (χ4n) is 1.90. The summed E-state index contributed by atoms with van der Waals surface area (Å²) in [5.41, 5.74) is 2.16. The van der Waals surface area contributed by atoms with E-state index in [9.17, 15) is 5.11 Å². The number of nitrogens with one attached hydrogen (secondary N) is 1. The van der Waals surface area contributed by atoms with Crippen LogP contribution in [0.3, 0.4) is 0 Å². The van der Waals surface area contributed by atoms with Crippen LogP contribution in [-0.4, -0.2) is 16.1 Å². The number of benzene rings is 1. The zero-order valence-corrected chi connectivity index (χ0v) is 13.4. The van der Waals surface area contributed by atoms with Crippen LogP contribution < -0.4 is 5.32 Å².